The van der Waals surface area contributed by atoms with Crippen LogP contribution >= 0.6 is 0 Å². The van der Waals surface area contributed by atoms with Crippen LogP contribution < -0.4 is 16.0 Å². The third-order valence-electron chi connectivity index (χ3n) is 6.45. The Labute approximate surface area is 204 Å². The predicted molar refractivity (Wildman–Crippen MR) is 143 cm³/mol. The van der Waals surface area contributed by atoms with Crippen LogP contribution in [-0.2, 0) is 11.8 Å². The molecular formula is C28H28N6O. The molecule has 7 heteroatoms. The number of nitrogen functional groups attached to an aromatic ring is 1. The number of fused-ring (bicyclic) bond motifs is 1. The molecule has 0 atom stereocenters. The third-order valence-corrected chi connectivity index (χ3v) is 6.45. The van der Waals surface area contributed by atoms with Crippen LogP contribution in [0.2, 0.25) is 0 Å². The molecule has 0 radical (unpaired) electrons. The standard InChI is InChI=1S/C28H28N6O/c1-18(2)28(35)32-21-11-9-20(10-12-21)25-23(24-26(29)30-17-31-27(24)33(25)3)19-13-15-34(16-14-19)22-7-5-4-6-8-22/h4-13,17H,1,14-16H2,2-3H3,(H,32,35)(H2,29,30,31). The van der Waals surface area contributed by atoms with E-state index in [-0.39, 0.29) is 5.91 Å². The molecule has 2 aromatic heterocycles. The second-order valence-electron chi connectivity index (χ2n) is 8.81. The Bertz CT molecular complexity index is 1450. The third kappa shape index (κ3) is 4.17. The highest BCUT2D eigenvalue weighted by Crippen LogP contribution is 2.41. The lowest BCUT2D eigenvalue weighted by atomic mass is 9.94. The number of hydrogen-bond donors (Lipinski definition) is 2. The molecule has 35 heavy (non-hydrogen) atoms. The number of amides is 1. The molecule has 0 saturated heterocycles. The molecule has 1 aliphatic heterocycles. The quantitative estimate of drug-likeness (QED) is 0.405. The molecular weight excluding hydrogens is 436 g/mol. The van der Waals surface area contributed by atoms with E-state index in [4.69, 9.17) is 5.73 Å². The number of nitrogens with two attached hydrogens (primary N) is 1. The number of benzene rings is 2. The van der Waals surface area contributed by atoms with E-state index >= 15 is 0 Å². The normalized spacial score (nSPS) is 13.5. The number of para-hydroxylation sites is 1. The summed E-state index contributed by atoms with van der Waals surface area (Å²) in [6, 6.07) is 18.3. The Morgan fingerprint density at radius 1 is 1.09 bits per heavy atom. The van der Waals surface area contributed by atoms with E-state index in [0.717, 1.165) is 53.1 Å². The number of nitrogens with one attached hydrogen (secondary N) is 1. The van der Waals surface area contributed by atoms with Gasteiger partial charge in [-0.15, -0.1) is 0 Å². The van der Waals surface area contributed by atoms with Crippen molar-refractivity contribution in [3.05, 3.63) is 84.7 Å². The van der Waals surface area contributed by atoms with Crippen molar-refractivity contribution in [2.24, 2.45) is 7.05 Å². The van der Waals surface area contributed by atoms with Gasteiger partial charge in [-0.3, -0.25) is 4.79 Å². The van der Waals surface area contributed by atoms with E-state index in [9.17, 15) is 4.79 Å². The van der Waals surface area contributed by atoms with Gasteiger partial charge < -0.3 is 20.5 Å². The highest BCUT2D eigenvalue weighted by molar-refractivity contribution is 6.05. The molecule has 0 aliphatic carbocycles. The highest BCUT2D eigenvalue weighted by Gasteiger charge is 2.25. The summed E-state index contributed by atoms with van der Waals surface area (Å²) in [7, 11) is 2.00. The molecule has 0 saturated carbocycles. The van der Waals surface area contributed by atoms with Gasteiger partial charge in [-0.05, 0) is 48.7 Å². The first-order valence-corrected chi connectivity index (χ1v) is 11.6. The summed E-state index contributed by atoms with van der Waals surface area (Å²) in [5.74, 6) is 0.282. The molecule has 2 aromatic carbocycles. The van der Waals surface area contributed by atoms with Gasteiger partial charge in [0.1, 0.15) is 17.8 Å². The zero-order valence-electron chi connectivity index (χ0n) is 20.0. The van der Waals surface area contributed by atoms with Gasteiger partial charge in [-0.2, -0.15) is 0 Å². The number of nitrogens with zero attached hydrogens (tertiary/aromatic N) is 4. The van der Waals surface area contributed by atoms with Crippen LogP contribution in [0, 0.1) is 0 Å². The van der Waals surface area contributed by atoms with Crippen molar-refractivity contribution in [3.63, 3.8) is 0 Å². The van der Waals surface area contributed by atoms with E-state index in [1.54, 1.807) is 6.92 Å². The molecule has 0 bridgehead atoms. The molecule has 3 N–H and O–H groups in total. The van der Waals surface area contributed by atoms with Crippen LogP contribution in [0.5, 0.6) is 0 Å². The summed E-state index contributed by atoms with van der Waals surface area (Å²) < 4.78 is 2.08. The topological polar surface area (TPSA) is 89.1 Å². The number of carbonyl (C=O) groups excluding carboxylic acids is 1. The van der Waals surface area contributed by atoms with Gasteiger partial charge in [-0.25, -0.2) is 9.97 Å². The fourth-order valence-corrected chi connectivity index (χ4v) is 4.64. The zero-order chi connectivity index (χ0) is 24.5. The molecule has 3 heterocycles. The van der Waals surface area contributed by atoms with Crippen molar-refractivity contribution < 1.29 is 4.79 Å². The zero-order valence-corrected chi connectivity index (χ0v) is 20.0. The van der Waals surface area contributed by atoms with Crippen molar-refractivity contribution in [2.75, 3.05) is 29.0 Å². The second kappa shape index (κ2) is 9.10. The largest absolute Gasteiger partial charge is 0.383 e. The van der Waals surface area contributed by atoms with Crippen molar-refractivity contribution in [3.8, 4) is 11.3 Å². The van der Waals surface area contributed by atoms with Gasteiger partial charge in [0.25, 0.3) is 5.91 Å². The first kappa shape index (κ1) is 22.4. The van der Waals surface area contributed by atoms with E-state index in [2.05, 4.69) is 61.7 Å². The predicted octanol–water partition coefficient (Wildman–Crippen LogP) is 5.03. The minimum Gasteiger partial charge on any atom is -0.383 e. The van der Waals surface area contributed by atoms with E-state index in [0.29, 0.717) is 11.4 Å². The molecule has 0 fully saturated rings. The lowest BCUT2D eigenvalue weighted by molar-refractivity contribution is -0.112. The number of rotatable bonds is 5. The number of aromatic nitrogens is 3. The maximum Gasteiger partial charge on any atom is 0.250 e. The minimum atomic E-state index is -0.193. The summed E-state index contributed by atoms with van der Waals surface area (Å²) in [6.07, 6.45) is 4.67. The smallest absolute Gasteiger partial charge is 0.250 e. The molecule has 1 amide bonds. The van der Waals surface area contributed by atoms with Crippen LogP contribution in [-0.4, -0.2) is 33.5 Å². The van der Waals surface area contributed by atoms with Crippen LogP contribution in [0.1, 0.15) is 18.9 Å². The van der Waals surface area contributed by atoms with Crippen LogP contribution in [0.25, 0.3) is 27.9 Å². The minimum absolute atomic E-state index is 0.193. The van der Waals surface area contributed by atoms with Crippen molar-refractivity contribution >= 4 is 39.7 Å². The van der Waals surface area contributed by atoms with Gasteiger partial charge in [0, 0.05) is 42.6 Å². The Morgan fingerprint density at radius 2 is 1.83 bits per heavy atom. The molecule has 7 nitrogen and oxygen atoms in total. The molecule has 4 aromatic rings. The summed E-state index contributed by atoms with van der Waals surface area (Å²) >= 11 is 0. The van der Waals surface area contributed by atoms with E-state index < -0.39 is 0 Å². The average molecular weight is 465 g/mol. The second-order valence-corrected chi connectivity index (χ2v) is 8.81. The van der Waals surface area contributed by atoms with Gasteiger partial charge in [-0.1, -0.05) is 43.0 Å². The first-order valence-electron chi connectivity index (χ1n) is 11.6. The number of anilines is 3. The lowest BCUT2D eigenvalue weighted by Crippen LogP contribution is -2.28. The Kier molecular flexibility index (Phi) is 5.82. The monoisotopic (exact) mass is 464 g/mol. The number of carbonyl (C=O) groups is 1. The lowest BCUT2D eigenvalue weighted by Gasteiger charge is -2.29. The van der Waals surface area contributed by atoms with Gasteiger partial charge in [0.05, 0.1) is 11.1 Å². The maximum atomic E-state index is 12.0. The number of aryl methyl sites for hydroxylation is 1. The molecule has 0 spiro atoms. The summed E-state index contributed by atoms with van der Waals surface area (Å²) in [5.41, 5.74) is 14.0. The SMILES string of the molecule is C=C(C)C(=O)Nc1ccc(-c2c(C3=CCN(c4ccccc4)CC3)c3c(N)ncnc3n2C)cc1. The summed E-state index contributed by atoms with van der Waals surface area (Å²) in [6.45, 7) is 7.11. The van der Waals surface area contributed by atoms with E-state index in [1.807, 2.05) is 37.4 Å². The fraction of sp³-hybridized carbons (Fsp3) is 0.179. The Hall–Kier alpha value is -4.39. The highest BCUT2D eigenvalue weighted by atomic mass is 16.1. The van der Waals surface area contributed by atoms with Gasteiger partial charge in [0.15, 0.2) is 0 Å². The molecule has 176 valence electrons. The van der Waals surface area contributed by atoms with Crippen molar-refractivity contribution in [1.82, 2.24) is 14.5 Å². The molecule has 0 unspecified atom stereocenters. The molecule has 1 aliphatic rings. The Balaban J connectivity index is 1.57. The maximum absolute atomic E-state index is 12.0. The van der Waals surface area contributed by atoms with Crippen molar-refractivity contribution in [1.29, 1.82) is 0 Å². The van der Waals surface area contributed by atoms with E-state index in [1.165, 1.54) is 17.6 Å². The van der Waals surface area contributed by atoms with Crippen LogP contribution in [0.4, 0.5) is 17.2 Å². The average Bonchev–Trinajstić information content (AvgIpc) is 3.18. The van der Waals surface area contributed by atoms with Crippen LogP contribution in [0.15, 0.2) is 79.2 Å². The van der Waals surface area contributed by atoms with Crippen LogP contribution in [0.3, 0.4) is 0 Å². The van der Waals surface area contributed by atoms with Crippen molar-refractivity contribution in [2.45, 2.75) is 13.3 Å². The Morgan fingerprint density at radius 3 is 2.49 bits per heavy atom. The fourth-order valence-electron chi connectivity index (χ4n) is 4.64. The first-order chi connectivity index (χ1) is 16.9. The van der Waals surface area contributed by atoms with Gasteiger partial charge >= 0.3 is 0 Å². The van der Waals surface area contributed by atoms with Gasteiger partial charge in [0.2, 0.25) is 0 Å². The summed E-state index contributed by atoms with van der Waals surface area (Å²) in [5, 5.41) is 3.74. The molecule has 5 rings (SSSR count). The number of hydrogen-bond acceptors (Lipinski definition) is 5. The summed E-state index contributed by atoms with van der Waals surface area (Å²) in [4.78, 5) is 23.2.